The third kappa shape index (κ3) is 4.02. The second kappa shape index (κ2) is 7.54. The van der Waals surface area contributed by atoms with E-state index in [1.54, 1.807) is 0 Å². The number of oxazole rings is 1. The Labute approximate surface area is 147 Å². The predicted molar refractivity (Wildman–Crippen MR) is 94.3 cm³/mol. The zero-order chi connectivity index (χ0) is 17.1. The Morgan fingerprint density at radius 3 is 2.80 bits per heavy atom. The molecule has 4 rings (SSSR count). The van der Waals surface area contributed by atoms with Crippen molar-refractivity contribution in [2.75, 3.05) is 39.3 Å². The van der Waals surface area contributed by atoms with Crippen molar-refractivity contribution < 1.29 is 13.9 Å². The lowest BCUT2D eigenvalue weighted by atomic mass is 10.2. The summed E-state index contributed by atoms with van der Waals surface area (Å²) < 4.78 is 11.4. The maximum atomic E-state index is 12.5. The van der Waals surface area contributed by atoms with E-state index in [-0.39, 0.29) is 5.91 Å². The van der Waals surface area contributed by atoms with Crippen molar-refractivity contribution in [2.45, 2.75) is 31.8 Å². The van der Waals surface area contributed by atoms with E-state index in [0.717, 1.165) is 50.4 Å². The Morgan fingerprint density at radius 1 is 1.20 bits per heavy atom. The number of fused-ring (bicyclic) bond motifs is 1. The maximum absolute atomic E-state index is 12.5. The van der Waals surface area contributed by atoms with Crippen LogP contribution in [-0.2, 0) is 16.0 Å². The lowest BCUT2D eigenvalue weighted by molar-refractivity contribution is -0.133. The quantitative estimate of drug-likeness (QED) is 0.832. The van der Waals surface area contributed by atoms with E-state index in [1.165, 1.54) is 12.8 Å². The van der Waals surface area contributed by atoms with Gasteiger partial charge in [0.1, 0.15) is 5.52 Å². The number of rotatable bonds is 5. The van der Waals surface area contributed by atoms with Gasteiger partial charge in [0.2, 0.25) is 5.91 Å². The molecule has 1 aromatic carbocycles. The molecule has 2 saturated heterocycles. The van der Waals surface area contributed by atoms with Gasteiger partial charge in [0.15, 0.2) is 11.5 Å². The molecule has 6 nitrogen and oxygen atoms in total. The van der Waals surface area contributed by atoms with Gasteiger partial charge in [0.05, 0.1) is 6.10 Å². The number of ether oxygens (including phenoxy) is 1. The van der Waals surface area contributed by atoms with Crippen LogP contribution < -0.4 is 0 Å². The molecule has 1 amide bonds. The van der Waals surface area contributed by atoms with E-state index in [0.29, 0.717) is 24.8 Å². The highest BCUT2D eigenvalue weighted by molar-refractivity contribution is 5.77. The Kier molecular flexibility index (Phi) is 4.99. The fourth-order valence-electron chi connectivity index (χ4n) is 3.66. The minimum Gasteiger partial charge on any atom is -0.441 e. The molecule has 3 heterocycles. The summed E-state index contributed by atoms with van der Waals surface area (Å²) in [6.45, 7) is 5.39. The average molecular weight is 343 g/mol. The second-order valence-electron chi connectivity index (χ2n) is 6.89. The van der Waals surface area contributed by atoms with Crippen molar-refractivity contribution in [2.24, 2.45) is 0 Å². The third-order valence-corrected chi connectivity index (χ3v) is 5.10. The van der Waals surface area contributed by atoms with E-state index >= 15 is 0 Å². The van der Waals surface area contributed by atoms with E-state index in [2.05, 4.69) is 9.88 Å². The summed E-state index contributed by atoms with van der Waals surface area (Å²) in [6, 6.07) is 7.70. The van der Waals surface area contributed by atoms with Crippen LogP contribution in [0.1, 0.15) is 25.2 Å². The van der Waals surface area contributed by atoms with Crippen molar-refractivity contribution in [3.8, 4) is 0 Å². The van der Waals surface area contributed by atoms with E-state index < -0.39 is 0 Å². The zero-order valence-electron chi connectivity index (χ0n) is 14.5. The molecular formula is C19H25N3O3. The molecule has 0 aliphatic carbocycles. The fraction of sp³-hybridized carbons (Fsp3) is 0.579. The number of aromatic nitrogens is 1. The van der Waals surface area contributed by atoms with E-state index in [4.69, 9.17) is 9.15 Å². The van der Waals surface area contributed by atoms with Gasteiger partial charge in [-0.2, -0.15) is 0 Å². The molecular weight excluding hydrogens is 318 g/mol. The van der Waals surface area contributed by atoms with Crippen LogP contribution in [0.5, 0.6) is 0 Å². The highest BCUT2D eigenvalue weighted by atomic mass is 16.5. The van der Waals surface area contributed by atoms with Crippen molar-refractivity contribution in [3.63, 3.8) is 0 Å². The second-order valence-corrected chi connectivity index (χ2v) is 6.89. The number of hydrogen-bond donors (Lipinski definition) is 0. The summed E-state index contributed by atoms with van der Waals surface area (Å²) in [5.41, 5.74) is 1.64. The molecule has 134 valence electrons. The first-order valence-corrected chi connectivity index (χ1v) is 9.24. The molecule has 0 bridgehead atoms. The molecule has 6 heteroatoms. The standard InChI is InChI=1S/C19H25N3O3/c23-19(8-7-18-20-16-5-1-2-6-17(16)25-18)22-11-9-21(10-12-22)14-15-4-3-13-24-15/h1-2,5-6,15H,3-4,7-14H2/t15-/m0/s1. The van der Waals surface area contributed by atoms with Gasteiger partial charge in [-0.15, -0.1) is 0 Å². The highest BCUT2D eigenvalue weighted by Crippen LogP contribution is 2.17. The molecule has 1 aromatic heterocycles. The van der Waals surface area contributed by atoms with Crippen molar-refractivity contribution in [3.05, 3.63) is 30.2 Å². The number of hydrogen-bond acceptors (Lipinski definition) is 5. The molecule has 0 spiro atoms. The minimum absolute atomic E-state index is 0.194. The van der Waals surface area contributed by atoms with Crippen molar-refractivity contribution >= 4 is 17.0 Å². The van der Waals surface area contributed by atoms with E-state index in [1.807, 2.05) is 29.2 Å². The Balaban J connectivity index is 1.23. The Hall–Kier alpha value is -1.92. The van der Waals surface area contributed by atoms with Gasteiger partial charge in [0, 0.05) is 52.2 Å². The molecule has 0 saturated carbocycles. The van der Waals surface area contributed by atoms with Gasteiger partial charge >= 0.3 is 0 Å². The van der Waals surface area contributed by atoms with Crippen LogP contribution in [0.2, 0.25) is 0 Å². The lowest BCUT2D eigenvalue weighted by Gasteiger charge is -2.35. The largest absolute Gasteiger partial charge is 0.441 e. The summed E-state index contributed by atoms with van der Waals surface area (Å²) >= 11 is 0. The molecule has 1 atom stereocenters. The monoisotopic (exact) mass is 343 g/mol. The van der Waals surface area contributed by atoms with Crippen LogP contribution in [0, 0.1) is 0 Å². The van der Waals surface area contributed by atoms with Crippen LogP contribution >= 0.6 is 0 Å². The first-order valence-electron chi connectivity index (χ1n) is 9.24. The lowest BCUT2D eigenvalue weighted by Crippen LogP contribution is -2.50. The maximum Gasteiger partial charge on any atom is 0.223 e. The van der Waals surface area contributed by atoms with E-state index in [9.17, 15) is 4.79 Å². The number of benzene rings is 1. The average Bonchev–Trinajstić information content (AvgIpc) is 3.29. The van der Waals surface area contributed by atoms with Crippen LogP contribution in [0.25, 0.3) is 11.1 Å². The first-order chi connectivity index (χ1) is 12.3. The Morgan fingerprint density at radius 2 is 2.04 bits per heavy atom. The summed E-state index contributed by atoms with van der Waals surface area (Å²) in [7, 11) is 0. The predicted octanol–water partition coefficient (Wildman–Crippen LogP) is 2.08. The highest BCUT2D eigenvalue weighted by Gasteiger charge is 2.24. The summed E-state index contributed by atoms with van der Waals surface area (Å²) in [5, 5.41) is 0. The normalized spacial score (nSPS) is 21.9. The number of nitrogens with zero attached hydrogens (tertiary/aromatic N) is 3. The van der Waals surface area contributed by atoms with Gasteiger partial charge in [-0.3, -0.25) is 9.69 Å². The topological polar surface area (TPSA) is 58.8 Å². The van der Waals surface area contributed by atoms with Crippen LogP contribution in [0.4, 0.5) is 0 Å². The smallest absolute Gasteiger partial charge is 0.223 e. The molecule has 25 heavy (non-hydrogen) atoms. The number of amides is 1. The molecule has 2 aliphatic rings. The summed E-state index contributed by atoms with van der Waals surface area (Å²) in [6.07, 6.45) is 3.76. The van der Waals surface area contributed by atoms with Crippen molar-refractivity contribution in [1.29, 1.82) is 0 Å². The summed E-state index contributed by atoms with van der Waals surface area (Å²) in [4.78, 5) is 21.3. The molecule has 0 radical (unpaired) electrons. The van der Waals surface area contributed by atoms with Gasteiger partial charge in [0.25, 0.3) is 0 Å². The SMILES string of the molecule is O=C(CCc1nc2ccccc2o1)N1CCN(C[C@@H]2CCCO2)CC1. The number of aryl methyl sites for hydroxylation is 1. The molecule has 0 N–H and O–H groups in total. The minimum atomic E-state index is 0.194. The van der Waals surface area contributed by atoms with Crippen LogP contribution in [0.15, 0.2) is 28.7 Å². The zero-order valence-corrected chi connectivity index (χ0v) is 14.5. The fourth-order valence-corrected chi connectivity index (χ4v) is 3.66. The molecule has 2 aliphatic heterocycles. The number of piperazine rings is 1. The first kappa shape index (κ1) is 16.5. The van der Waals surface area contributed by atoms with Gasteiger partial charge in [-0.25, -0.2) is 4.98 Å². The number of para-hydroxylation sites is 2. The third-order valence-electron chi connectivity index (χ3n) is 5.10. The number of carbonyl (C=O) groups is 1. The molecule has 0 unspecified atom stereocenters. The number of carbonyl (C=O) groups excluding carboxylic acids is 1. The van der Waals surface area contributed by atoms with Gasteiger partial charge in [-0.05, 0) is 25.0 Å². The Bertz CT molecular complexity index is 683. The molecule has 2 fully saturated rings. The molecule has 2 aromatic rings. The van der Waals surface area contributed by atoms with Crippen LogP contribution in [0.3, 0.4) is 0 Å². The summed E-state index contributed by atoms with van der Waals surface area (Å²) in [5.74, 6) is 0.839. The van der Waals surface area contributed by atoms with Crippen molar-refractivity contribution in [1.82, 2.24) is 14.8 Å². The van der Waals surface area contributed by atoms with Gasteiger partial charge in [-0.1, -0.05) is 12.1 Å². The van der Waals surface area contributed by atoms with Gasteiger partial charge < -0.3 is 14.1 Å². The van der Waals surface area contributed by atoms with Crippen LogP contribution in [-0.4, -0.2) is 66.1 Å².